The first kappa shape index (κ1) is 13.1. The molecule has 0 saturated heterocycles. The molecule has 1 unspecified atom stereocenters. The van der Waals surface area contributed by atoms with Crippen molar-refractivity contribution in [1.82, 2.24) is 5.32 Å². The molecule has 0 heterocycles. The summed E-state index contributed by atoms with van der Waals surface area (Å²) in [4.78, 5) is 4.25. The van der Waals surface area contributed by atoms with Crippen molar-refractivity contribution in [3.05, 3.63) is 35.9 Å². The number of rotatable bonds is 5. The number of hydrogen-bond acceptors (Lipinski definition) is 1. The first-order chi connectivity index (χ1) is 8.26. The van der Waals surface area contributed by atoms with E-state index in [1.807, 2.05) is 30.3 Å². The van der Waals surface area contributed by atoms with Crippen LogP contribution in [0.1, 0.15) is 25.3 Å². The number of hydrogen-bond donors (Lipinski definition) is 2. The van der Waals surface area contributed by atoms with Crippen molar-refractivity contribution in [3.63, 3.8) is 0 Å². The number of nitrogens with two attached hydrogens (primary N) is 1. The van der Waals surface area contributed by atoms with Crippen molar-refractivity contribution < 1.29 is 0 Å². The maximum absolute atomic E-state index is 5.77. The minimum absolute atomic E-state index is 0.0282. The summed E-state index contributed by atoms with van der Waals surface area (Å²) < 4.78 is 0. The Labute approximate surface area is 103 Å². The van der Waals surface area contributed by atoms with Crippen LogP contribution in [0.3, 0.4) is 0 Å². The molecule has 0 fully saturated rings. The van der Waals surface area contributed by atoms with Crippen molar-refractivity contribution in [1.29, 1.82) is 0 Å². The van der Waals surface area contributed by atoms with Gasteiger partial charge in [0.2, 0.25) is 0 Å². The third kappa shape index (κ3) is 5.07. The Morgan fingerprint density at radius 1 is 1.47 bits per heavy atom. The average molecular weight is 229 g/mol. The molecule has 0 saturated carbocycles. The van der Waals surface area contributed by atoms with Crippen LogP contribution in [0.4, 0.5) is 0 Å². The lowest BCUT2D eigenvalue weighted by Gasteiger charge is -2.12. The average Bonchev–Trinajstić information content (AvgIpc) is 2.37. The maximum Gasteiger partial charge on any atom is 0.189 e. The summed E-state index contributed by atoms with van der Waals surface area (Å²) in [6, 6.07) is 9.94. The number of guanidine groups is 1. The highest BCUT2D eigenvalue weighted by Gasteiger charge is 2.03. The number of nitrogens with one attached hydrogen (secondary N) is 1. The molecule has 1 aromatic rings. The topological polar surface area (TPSA) is 50.4 Å². The first-order valence-corrected chi connectivity index (χ1v) is 5.82. The van der Waals surface area contributed by atoms with E-state index in [1.54, 1.807) is 0 Å². The molecule has 17 heavy (non-hydrogen) atoms. The molecule has 3 nitrogen and oxygen atoms in total. The third-order valence-corrected chi connectivity index (χ3v) is 2.38. The fourth-order valence-corrected chi connectivity index (χ4v) is 1.47. The second-order valence-electron chi connectivity index (χ2n) is 3.84. The van der Waals surface area contributed by atoms with Crippen LogP contribution in [0.15, 0.2) is 35.3 Å². The number of nitrogens with zero attached hydrogens (tertiary/aromatic N) is 1. The van der Waals surface area contributed by atoms with E-state index in [2.05, 4.69) is 23.2 Å². The Kier molecular flexibility index (Phi) is 5.67. The van der Waals surface area contributed by atoms with Gasteiger partial charge in [-0.15, -0.1) is 6.42 Å². The van der Waals surface area contributed by atoms with Gasteiger partial charge in [0.1, 0.15) is 0 Å². The number of aliphatic imine (C=N–C) groups is 1. The van der Waals surface area contributed by atoms with E-state index in [-0.39, 0.29) is 6.04 Å². The fraction of sp³-hybridized carbons (Fsp3) is 0.357. The zero-order chi connectivity index (χ0) is 12.5. The largest absolute Gasteiger partial charge is 0.370 e. The molecule has 0 aliphatic rings. The molecule has 1 atom stereocenters. The predicted octanol–water partition coefficient (Wildman–Crippen LogP) is 1.89. The van der Waals surface area contributed by atoms with Gasteiger partial charge in [-0.3, -0.25) is 0 Å². The van der Waals surface area contributed by atoms with Gasteiger partial charge in [-0.05, 0) is 12.0 Å². The molecule has 3 heteroatoms. The second-order valence-corrected chi connectivity index (χ2v) is 3.84. The summed E-state index contributed by atoms with van der Waals surface area (Å²) >= 11 is 0. The molecule has 0 aliphatic heterocycles. The van der Waals surface area contributed by atoms with Gasteiger partial charge >= 0.3 is 0 Å². The molecule has 0 radical (unpaired) electrons. The van der Waals surface area contributed by atoms with Gasteiger partial charge in [0.15, 0.2) is 5.96 Å². The lowest BCUT2D eigenvalue weighted by molar-refractivity contribution is 0.658. The van der Waals surface area contributed by atoms with Crippen LogP contribution in [-0.4, -0.2) is 12.0 Å². The summed E-state index contributed by atoms with van der Waals surface area (Å²) in [5.74, 6) is 3.07. The van der Waals surface area contributed by atoms with E-state index in [4.69, 9.17) is 12.2 Å². The lowest BCUT2D eigenvalue weighted by Crippen LogP contribution is -2.39. The van der Waals surface area contributed by atoms with Gasteiger partial charge in [-0.2, -0.15) is 0 Å². The van der Waals surface area contributed by atoms with Gasteiger partial charge in [-0.25, -0.2) is 4.99 Å². The van der Waals surface area contributed by atoms with Crippen molar-refractivity contribution in [2.45, 2.75) is 32.4 Å². The normalized spacial score (nSPS) is 12.8. The van der Waals surface area contributed by atoms with E-state index >= 15 is 0 Å². The molecule has 0 spiro atoms. The molecule has 1 rings (SSSR count). The van der Waals surface area contributed by atoms with Gasteiger partial charge in [-0.1, -0.05) is 49.6 Å². The van der Waals surface area contributed by atoms with Crippen molar-refractivity contribution in [2.24, 2.45) is 10.7 Å². The predicted molar refractivity (Wildman–Crippen MR) is 72.4 cm³/mol. The zero-order valence-electron chi connectivity index (χ0n) is 10.2. The van der Waals surface area contributed by atoms with E-state index < -0.39 is 0 Å². The highest BCUT2D eigenvalue weighted by atomic mass is 15.1. The van der Waals surface area contributed by atoms with Crippen LogP contribution in [-0.2, 0) is 6.54 Å². The maximum atomic E-state index is 5.77. The second kappa shape index (κ2) is 7.34. The van der Waals surface area contributed by atoms with Crippen LogP contribution < -0.4 is 11.1 Å². The lowest BCUT2D eigenvalue weighted by atomic mass is 10.2. The molecule has 3 N–H and O–H groups in total. The smallest absolute Gasteiger partial charge is 0.189 e. The summed E-state index contributed by atoms with van der Waals surface area (Å²) in [5, 5.41) is 3.03. The Bertz CT molecular complexity index is 390. The Morgan fingerprint density at radius 2 is 2.18 bits per heavy atom. The highest BCUT2D eigenvalue weighted by Crippen LogP contribution is 2.00. The Hall–Kier alpha value is -1.95. The molecule has 90 valence electrons. The Balaban J connectivity index is 2.47. The summed E-state index contributed by atoms with van der Waals surface area (Å²) in [7, 11) is 0. The molecular formula is C14H19N3. The minimum Gasteiger partial charge on any atom is -0.370 e. The molecule has 0 aromatic heterocycles. The zero-order valence-corrected chi connectivity index (χ0v) is 10.2. The van der Waals surface area contributed by atoms with Gasteiger partial charge < -0.3 is 11.1 Å². The van der Waals surface area contributed by atoms with Crippen molar-refractivity contribution in [2.75, 3.05) is 0 Å². The van der Waals surface area contributed by atoms with Crippen LogP contribution in [0.5, 0.6) is 0 Å². The van der Waals surface area contributed by atoms with E-state index in [9.17, 15) is 0 Å². The third-order valence-electron chi connectivity index (χ3n) is 2.38. The summed E-state index contributed by atoms with van der Waals surface area (Å²) in [5.41, 5.74) is 6.90. The number of terminal acetylenes is 1. The van der Waals surface area contributed by atoms with E-state index in [0.717, 1.165) is 18.4 Å². The van der Waals surface area contributed by atoms with E-state index in [0.29, 0.717) is 12.5 Å². The molecule has 0 amide bonds. The van der Waals surface area contributed by atoms with E-state index in [1.165, 1.54) is 0 Å². The molecule has 1 aromatic carbocycles. The monoisotopic (exact) mass is 229 g/mol. The molecular weight excluding hydrogens is 210 g/mol. The van der Waals surface area contributed by atoms with Crippen LogP contribution in [0, 0.1) is 12.3 Å². The Morgan fingerprint density at radius 3 is 2.76 bits per heavy atom. The highest BCUT2D eigenvalue weighted by molar-refractivity contribution is 5.78. The van der Waals surface area contributed by atoms with Crippen LogP contribution in [0.2, 0.25) is 0 Å². The molecule has 0 aliphatic carbocycles. The number of benzene rings is 1. The van der Waals surface area contributed by atoms with Gasteiger partial charge in [0, 0.05) is 0 Å². The standard InChI is InChI=1S/C14H19N3/c1-3-8-13(4-2)17-14(15)16-11-12-9-6-5-7-10-12/h2,5-7,9-10,13H,3,8,11H2,1H3,(H3,15,16,17). The van der Waals surface area contributed by atoms with Gasteiger partial charge in [0.25, 0.3) is 0 Å². The van der Waals surface area contributed by atoms with Crippen LogP contribution in [0.25, 0.3) is 0 Å². The summed E-state index contributed by atoms with van der Waals surface area (Å²) in [6.07, 6.45) is 7.31. The molecule has 0 bridgehead atoms. The quantitative estimate of drug-likeness (QED) is 0.460. The fourth-order valence-electron chi connectivity index (χ4n) is 1.47. The van der Waals surface area contributed by atoms with Gasteiger partial charge in [0.05, 0.1) is 12.6 Å². The SMILES string of the molecule is C#CC(CCC)NC(N)=NCc1ccccc1. The van der Waals surface area contributed by atoms with Crippen LogP contribution >= 0.6 is 0 Å². The van der Waals surface area contributed by atoms with Crippen molar-refractivity contribution in [3.8, 4) is 12.3 Å². The minimum atomic E-state index is -0.0282. The first-order valence-electron chi connectivity index (χ1n) is 5.82. The summed E-state index contributed by atoms with van der Waals surface area (Å²) in [6.45, 7) is 2.66. The van der Waals surface area contributed by atoms with Crippen molar-refractivity contribution >= 4 is 5.96 Å².